The van der Waals surface area contributed by atoms with Crippen LogP contribution in [0.2, 0.25) is 0 Å². The van der Waals surface area contributed by atoms with Gasteiger partial charge in [-0.1, -0.05) is 0 Å². The summed E-state index contributed by atoms with van der Waals surface area (Å²) in [5, 5.41) is 3.30. The van der Waals surface area contributed by atoms with Crippen molar-refractivity contribution >= 4 is 0 Å². The molecule has 0 bridgehead atoms. The molecule has 2 fully saturated rings. The molecule has 0 saturated carbocycles. The lowest BCUT2D eigenvalue weighted by atomic mass is 9.80. The molecular formula is C8H14NO. The Labute approximate surface area is 61.9 Å². The fourth-order valence-corrected chi connectivity index (χ4v) is 1.85. The summed E-state index contributed by atoms with van der Waals surface area (Å²) < 4.78 is 5.31. The largest absolute Gasteiger partial charge is 0.381 e. The highest BCUT2D eigenvalue weighted by Gasteiger charge is 2.35. The summed E-state index contributed by atoms with van der Waals surface area (Å²) in [5.41, 5.74) is 0.512. The minimum Gasteiger partial charge on any atom is -0.381 e. The normalized spacial score (nSPS) is 31.2. The highest BCUT2D eigenvalue weighted by molar-refractivity contribution is 4.97. The van der Waals surface area contributed by atoms with Crippen molar-refractivity contribution in [1.29, 1.82) is 0 Å². The van der Waals surface area contributed by atoms with Crippen molar-refractivity contribution in [3.8, 4) is 0 Å². The maximum atomic E-state index is 5.31. The van der Waals surface area contributed by atoms with E-state index in [1.165, 1.54) is 25.8 Å². The van der Waals surface area contributed by atoms with Crippen molar-refractivity contribution in [2.75, 3.05) is 19.8 Å². The van der Waals surface area contributed by atoms with Crippen molar-refractivity contribution in [1.82, 2.24) is 5.32 Å². The molecule has 2 rings (SSSR count). The summed E-state index contributed by atoms with van der Waals surface area (Å²) in [6.45, 7) is 5.37. The number of rotatable bonds is 0. The molecule has 1 radical (unpaired) electrons. The van der Waals surface area contributed by atoms with E-state index < -0.39 is 0 Å². The Balaban J connectivity index is 1.98. The molecular weight excluding hydrogens is 126 g/mol. The van der Waals surface area contributed by atoms with Gasteiger partial charge in [-0.3, -0.25) is 0 Å². The zero-order valence-corrected chi connectivity index (χ0v) is 6.23. The number of hydrogen-bond acceptors (Lipinski definition) is 2. The smallest absolute Gasteiger partial charge is 0.0471 e. The highest BCUT2D eigenvalue weighted by atomic mass is 16.5. The van der Waals surface area contributed by atoms with Crippen molar-refractivity contribution < 1.29 is 4.74 Å². The average molecular weight is 140 g/mol. The van der Waals surface area contributed by atoms with E-state index in [-0.39, 0.29) is 0 Å². The van der Waals surface area contributed by atoms with E-state index in [1.807, 2.05) is 0 Å². The number of hydrogen-bond donors (Lipinski definition) is 1. The summed E-state index contributed by atoms with van der Waals surface area (Å²) in [7, 11) is 0. The molecule has 0 aromatic carbocycles. The Morgan fingerprint density at radius 3 is 2.60 bits per heavy atom. The van der Waals surface area contributed by atoms with Crippen LogP contribution in [0.3, 0.4) is 0 Å². The van der Waals surface area contributed by atoms with Gasteiger partial charge in [0.2, 0.25) is 0 Å². The molecule has 2 heteroatoms. The van der Waals surface area contributed by atoms with Crippen LogP contribution in [0.15, 0.2) is 0 Å². The van der Waals surface area contributed by atoms with Gasteiger partial charge >= 0.3 is 0 Å². The first-order valence-corrected chi connectivity index (χ1v) is 4.07. The maximum absolute atomic E-state index is 5.31. The lowest BCUT2D eigenvalue weighted by Crippen LogP contribution is -2.27. The monoisotopic (exact) mass is 140 g/mol. The molecule has 2 aliphatic rings. The molecule has 0 amide bonds. The predicted octanol–water partition coefficient (Wildman–Crippen LogP) is 0.938. The van der Waals surface area contributed by atoms with E-state index in [1.54, 1.807) is 0 Å². The molecule has 10 heavy (non-hydrogen) atoms. The Morgan fingerprint density at radius 1 is 1.20 bits per heavy atom. The van der Waals surface area contributed by atoms with Crippen LogP contribution in [-0.2, 0) is 4.74 Å². The van der Waals surface area contributed by atoms with E-state index in [2.05, 4.69) is 11.9 Å². The van der Waals surface area contributed by atoms with Gasteiger partial charge in [-0.15, -0.1) is 0 Å². The second-order valence-corrected chi connectivity index (χ2v) is 3.32. The number of nitrogens with one attached hydrogen (secondary N) is 1. The van der Waals surface area contributed by atoms with Gasteiger partial charge in [-0.25, -0.2) is 0 Å². The molecule has 1 N–H and O–H groups in total. The second kappa shape index (κ2) is 2.51. The molecule has 2 aliphatic heterocycles. The molecule has 0 unspecified atom stereocenters. The third-order valence-corrected chi connectivity index (χ3v) is 2.66. The average Bonchev–Trinajstić information content (AvgIpc) is 2.39. The van der Waals surface area contributed by atoms with Gasteiger partial charge in [0.05, 0.1) is 0 Å². The fraction of sp³-hybridized carbons (Fsp3) is 0.875. The quantitative estimate of drug-likeness (QED) is 0.540. The van der Waals surface area contributed by atoms with Gasteiger partial charge in [0.1, 0.15) is 0 Å². The minimum atomic E-state index is 0.512. The second-order valence-electron chi connectivity index (χ2n) is 3.32. The summed E-state index contributed by atoms with van der Waals surface area (Å²) in [4.78, 5) is 0. The molecule has 0 aromatic heterocycles. The van der Waals surface area contributed by atoms with Crippen molar-refractivity contribution in [2.24, 2.45) is 5.41 Å². The van der Waals surface area contributed by atoms with Crippen LogP contribution in [-0.4, -0.2) is 19.8 Å². The lowest BCUT2D eigenvalue weighted by molar-refractivity contribution is 0.0338. The topological polar surface area (TPSA) is 21.3 Å². The van der Waals surface area contributed by atoms with Crippen LogP contribution in [0.5, 0.6) is 0 Å². The van der Waals surface area contributed by atoms with E-state index in [0.29, 0.717) is 5.41 Å². The van der Waals surface area contributed by atoms with Crippen LogP contribution in [0.1, 0.15) is 19.3 Å². The van der Waals surface area contributed by atoms with Gasteiger partial charge in [-0.05, 0) is 31.2 Å². The molecule has 57 valence electrons. The maximum Gasteiger partial charge on any atom is 0.0471 e. The molecule has 0 aliphatic carbocycles. The molecule has 2 nitrogen and oxygen atoms in total. The summed E-state index contributed by atoms with van der Waals surface area (Å²) in [5.74, 6) is 0. The zero-order chi connectivity index (χ0) is 6.86. The lowest BCUT2D eigenvalue weighted by Gasteiger charge is -2.31. The Hall–Kier alpha value is -0.0800. The summed E-state index contributed by atoms with van der Waals surface area (Å²) in [6, 6.07) is 0. The first-order valence-electron chi connectivity index (χ1n) is 4.07. The van der Waals surface area contributed by atoms with Gasteiger partial charge in [0, 0.05) is 19.8 Å². The van der Waals surface area contributed by atoms with Crippen molar-refractivity contribution in [3.05, 3.63) is 6.54 Å². The van der Waals surface area contributed by atoms with Gasteiger partial charge < -0.3 is 10.1 Å². The van der Waals surface area contributed by atoms with Gasteiger partial charge in [0.15, 0.2) is 0 Å². The Morgan fingerprint density at radius 2 is 2.00 bits per heavy atom. The van der Waals surface area contributed by atoms with Crippen LogP contribution in [0, 0.1) is 12.0 Å². The van der Waals surface area contributed by atoms with E-state index in [0.717, 1.165) is 13.2 Å². The molecule has 0 aromatic rings. The van der Waals surface area contributed by atoms with E-state index >= 15 is 0 Å². The van der Waals surface area contributed by atoms with Crippen LogP contribution < -0.4 is 5.32 Å². The van der Waals surface area contributed by atoms with Gasteiger partial charge in [0.25, 0.3) is 0 Å². The summed E-state index contributed by atoms with van der Waals surface area (Å²) >= 11 is 0. The minimum absolute atomic E-state index is 0.512. The molecule has 0 atom stereocenters. The molecule has 2 saturated heterocycles. The fourth-order valence-electron chi connectivity index (χ4n) is 1.85. The van der Waals surface area contributed by atoms with Crippen LogP contribution in [0.4, 0.5) is 0 Å². The van der Waals surface area contributed by atoms with Crippen molar-refractivity contribution in [3.63, 3.8) is 0 Å². The first-order chi connectivity index (χ1) is 4.91. The predicted molar refractivity (Wildman–Crippen MR) is 39.4 cm³/mol. The summed E-state index contributed by atoms with van der Waals surface area (Å²) in [6.07, 6.45) is 3.76. The van der Waals surface area contributed by atoms with E-state index in [9.17, 15) is 0 Å². The SMILES string of the molecule is [CH]1NCCC12CCOCC2. The highest BCUT2D eigenvalue weighted by Crippen LogP contribution is 2.38. The standard InChI is InChI=1S/C8H14NO/c1-4-9-7-8(1)2-5-10-6-3-8/h7,9H,1-6H2. The zero-order valence-electron chi connectivity index (χ0n) is 6.23. The molecule has 1 spiro atoms. The third kappa shape index (κ3) is 1.06. The Bertz CT molecular complexity index is 110. The van der Waals surface area contributed by atoms with Crippen LogP contribution >= 0.6 is 0 Å². The van der Waals surface area contributed by atoms with Gasteiger partial charge in [-0.2, -0.15) is 0 Å². The number of ether oxygens (including phenoxy) is 1. The van der Waals surface area contributed by atoms with Crippen LogP contribution in [0.25, 0.3) is 0 Å². The third-order valence-electron chi connectivity index (χ3n) is 2.66. The first kappa shape index (κ1) is 6.62. The van der Waals surface area contributed by atoms with E-state index in [4.69, 9.17) is 4.74 Å². The molecule has 2 heterocycles. The Kier molecular flexibility index (Phi) is 1.66. The van der Waals surface area contributed by atoms with Crippen molar-refractivity contribution in [2.45, 2.75) is 19.3 Å².